The Bertz CT molecular complexity index is 852. The van der Waals surface area contributed by atoms with Gasteiger partial charge in [-0.05, 0) is 25.1 Å². The zero-order valence-electron chi connectivity index (χ0n) is 12.5. The van der Waals surface area contributed by atoms with E-state index in [0.29, 0.717) is 5.56 Å². The molecule has 0 aliphatic carbocycles. The van der Waals surface area contributed by atoms with Crippen molar-refractivity contribution in [3.63, 3.8) is 0 Å². The number of anilines is 1. The highest BCUT2D eigenvalue weighted by atomic mass is 32.2. The van der Waals surface area contributed by atoms with E-state index in [1.54, 1.807) is 25.1 Å². The van der Waals surface area contributed by atoms with E-state index in [-0.39, 0.29) is 16.3 Å². The summed E-state index contributed by atoms with van der Waals surface area (Å²) < 4.78 is 36.8. The number of benzene rings is 2. The third-order valence-electron chi connectivity index (χ3n) is 3.34. The van der Waals surface area contributed by atoms with Crippen LogP contribution in [0.1, 0.15) is 18.5 Å². The Morgan fingerprint density at radius 2 is 1.87 bits per heavy atom. The van der Waals surface area contributed by atoms with Gasteiger partial charge in [0.15, 0.2) is 9.84 Å². The molecule has 0 spiro atoms. The van der Waals surface area contributed by atoms with E-state index in [1.807, 2.05) is 0 Å². The molecule has 0 bridgehead atoms. The van der Waals surface area contributed by atoms with Crippen LogP contribution in [-0.2, 0) is 9.84 Å². The van der Waals surface area contributed by atoms with Gasteiger partial charge >= 0.3 is 0 Å². The molecule has 2 aromatic carbocycles. The molecule has 2 aromatic rings. The van der Waals surface area contributed by atoms with Crippen LogP contribution in [0.4, 0.5) is 15.8 Å². The summed E-state index contributed by atoms with van der Waals surface area (Å²) in [7, 11) is -3.56. The van der Waals surface area contributed by atoms with Crippen LogP contribution in [0.25, 0.3) is 0 Å². The topological polar surface area (TPSA) is 89.3 Å². The van der Waals surface area contributed by atoms with E-state index in [1.165, 1.54) is 18.2 Å². The quantitative estimate of drug-likeness (QED) is 0.667. The molecule has 0 heterocycles. The van der Waals surface area contributed by atoms with Crippen LogP contribution in [0.3, 0.4) is 0 Å². The maximum absolute atomic E-state index is 13.8. The number of nitro groups is 1. The average Bonchev–Trinajstić information content (AvgIpc) is 2.46. The van der Waals surface area contributed by atoms with Crippen molar-refractivity contribution < 1.29 is 17.7 Å². The van der Waals surface area contributed by atoms with Crippen molar-refractivity contribution in [1.29, 1.82) is 0 Å². The minimum atomic E-state index is -3.56. The number of halogens is 1. The first-order valence-corrected chi connectivity index (χ1v) is 8.58. The fraction of sp³-hybridized carbons (Fsp3) is 0.200. The van der Waals surface area contributed by atoms with Crippen LogP contribution >= 0.6 is 0 Å². The third kappa shape index (κ3) is 3.84. The van der Waals surface area contributed by atoms with Gasteiger partial charge in [-0.25, -0.2) is 12.8 Å². The van der Waals surface area contributed by atoms with Crippen LogP contribution < -0.4 is 5.32 Å². The van der Waals surface area contributed by atoms with E-state index >= 15 is 0 Å². The molecule has 8 heteroatoms. The minimum absolute atomic E-state index is 0.123. The van der Waals surface area contributed by atoms with Crippen LogP contribution in [0.5, 0.6) is 0 Å². The number of sulfone groups is 1. The average molecular weight is 338 g/mol. The number of nitrogens with zero attached hydrogens (tertiary/aromatic N) is 1. The first-order chi connectivity index (χ1) is 10.7. The molecule has 0 saturated carbocycles. The van der Waals surface area contributed by atoms with Crippen LogP contribution in [0.2, 0.25) is 0 Å². The van der Waals surface area contributed by atoms with Gasteiger partial charge in [0.1, 0.15) is 11.5 Å². The predicted molar refractivity (Wildman–Crippen MR) is 84.6 cm³/mol. The zero-order valence-corrected chi connectivity index (χ0v) is 13.3. The van der Waals surface area contributed by atoms with Gasteiger partial charge in [0.2, 0.25) is 0 Å². The summed E-state index contributed by atoms with van der Waals surface area (Å²) in [5, 5.41) is 14.0. The van der Waals surface area contributed by atoms with Gasteiger partial charge in [-0.15, -0.1) is 0 Å². The Morgan fingerprint density at radius 1 is 1.22 bits per heavy atom. The van der Waals surface area contributed by atoms with Crippen molar-refractivity contribution in [1.82, 2.24) is 0 Å². The SMILES string of the molecule is CC(Nc1ccc(S(C)(=O)=O)cc1[N+](=O)[O-])c1ccccc1F. The number of nitro benzene ring substituents is 1. The van der Waals surface area contributed by atoms with E-state index in [4.69, 9.17) is 0 Å². The van der Waals surface area contributed by atoms with Crippen molar-refractivity contribution in [2.24, 2.45) is 0 Å². The van der Waals surface area contributed by atoms with Gasteiger partial charge in [0.25, 0.3) is 5.69 Å². The van der Waals surface area contributed by atoms with Crippen LogP contribution in [0, 0.1) is 15.9 Å². The normalized spacial score (nSPS) is 12.7. The molecule has 0 aliphatic heterocycles. The molecule has 0 saturated heterocycles. The first-order valence-electron chi connectivity index (χ1n) is 6.69. The lowest BCUT2D eigenvalue weighted by molar-refractivity contribution is -0.384. The predicted octanol–water partition coefficient (Wildman–Crippen LogP) is 3.31. The summed E-state index contributed by atoms with van der Waals surface area (Å²) in [5.74, 6) is -0.428. The molecule has 0 radical (unpaired) electrons. The molecule has 0 fully saturated rings. The maximum atomic E-state index is 13.8. The summed E-state index contributed by atoms with van der Waals surface area (Å²) in [6, 6.07) is 9.14. The molecule has 0 aliphatic rings. The lowest BCUT2D eigenvalue weighted by Gasteiger charge is -2.16. The lowest BCUT2D eigenvalue weighted by Crippen LogP contribution is -2.10. The molecule has 1 atom stereocenters. The number of hydrogen-bond donors (Lipinski definition) is 1. The molecule has 1 N–H and O–H groups in total. The molecule has 23 heavy (non-hydrogen) atoms. The monoisotopic (exact) mass is 338 g/mol. The van der Waals surface area contributed by atoms with E-state index in [2.05, 4.69) is 5.32 Å². The van der Waals surface area contributed by atoms with Gasteiger partial charge < -0.3 is 5.32 Å². The third-order valence-corrected chi connectivity index (χ3v) is 4.45. The zero-order chi connectivity index (χ0) is 17.2. The van der Waals surface area contributed by atoms with E-state index < -0.39 is 26.6 Å². The lowest BCUT2D eigenvalue weighted by atomic mass is 10.1. The smallest absolute Gasteiger partial charge is 0.293 e. The maximum Gasteiger partial charge on any atom is 0.293 e. The summed E-state index contributed by atoms with van der Waals surface area (Å²) >= 11 is 0. The summed E-state index contributed by atoms with van der Waals surface area (Å²) in [6.45, 7) is 1.66. The largest absolute Gasteiger partial charge is 0.373 e. The molecular weight excluding hydrogens is 323 g/mol. The molecule has 0 amide bonds. The van der Waals surface area contributed by atoms with Crippen molar-refractivity contribution in [2.45, 2.75) is 17.9 Å². The number of nitrogens with one attached hydrogen (secondary N) is 1. The Balaban J connectivity index is 2.40. The Morgan fingerprint density at radius 3 is 2.43 bits per heavy atom. The fourth-order valence-corrected chi connectivity index (χ4v) is 2.79. The molecule has 122 valence electrons. The Hall–Kier alpha value is -2.48. The fourth-order valence-electron chi connectivity index (χ4n) is 2.15. The standard InChI is InChI=1S/C15H15FN2O4S/c1-10(12-5-3-4-6-13(12)16)17-14-8-7-11(23(2,21)22)9-15(14)18(19)20/h3-10,17H,1-2H3. The molecule has 2 rings (SSSR count). The van der Waals surface area contributed by atoms with Crippen LogP contribution in [0.15, 0.2) is 47.4 Å². The summed E-state index contributed by atoms with van der Waals surface area (Å²) in [5.41, 5.74) is 0.100. The van der Waals surface area contributed by atoms with Gasteiger partial charge in [-0.1, -0.05) is 18.2 Å². The molecular formula is C15H15FN2O4S. The Kier molecular flexibility index (Phi) is 4.65. The first kappa shape index (κ1) is 16.9. The van der Waals surface area contributed by atoms with Gasteiger partial charge in [0, 0.05) is 17.9 Å². The number of hydrogen-bond acceptors (Lipinski definition) is 5. The second-order valence-corrected chi connectivity index (χ2v) is 7.11. The Labute approximate surface area is 133 Å². The van der Waals surface area contributed by atoms with Crippen molar-refractivity contribution in [2.75, 3.05) is 11.6 Å². The summed E-state index contributed by atoms with van der Waals surface area (Å²) in [4.78, 5) is 10.4. The second kappa shape index (κ2) is 6.33. The minimum Gasteiger partial charge on any atom is -0.373 e. The highest BCUT2D eigenvalue weighted by Crippen LogP contribution is 2.31. The number of rotatable bonds is 5. The van der Waals surface area contributed by atoms with Crippen molar-refractivity contribution >= 4 is 21.2 Å². The van der Waals surface area contributed by atoms with Gasteiger partial charge in [0.05, 0.1) is 15.9 Å². The van der Waals surface area contributed by atoms with E-state index in [9.17, 15) is 22.9 Å². The van der Waals surface area contributed by atoms with E-state index in [0.717, 1.165) is 12.3 Å². The van der Waals surface area contributed by atoms with Crippen molar-refractivity contribution in [3.8, 4) is 0 Å². The summed E-state index contributed by atoms with van der Waals surface area (Å²) in [6.07, 6.45) is 0.973. The van der Waals surface area contributed by atoms with Crippen molar-refractivity contribution in [3.05, 3.63) is 64.0 Å². The molecule has 0 aromatic heterocycles. The van der Waals surface area contributed by atoms with Gasteiger partial charge in [-0.3, -0.25) is 10.1 Å². The van der Waals surface area contributed by atoms with Crippen LogP contribution in [-0.4, -0.2) is 19.6 Å². The highest BCUT2D eigenvalue weighted by molar-refractivity contribution is 7.90. The highest BCUT2D eigenvalue weighted by Gasteiger charge is 2.20. The second-order valence-electron chi connectivity index (χ2n) is 5.10. The van der Waals surface area contributed by atoms with Gasteiger partial charge in [-0.2, -0.15) is 0 Å². The molecule has 6 nitrogen and oxygen atoms in total. The molecule has 1 unspecified atom stereocenters.